The lowest BCUT2D eigenvalue weighted by molar-refractivity contribution is 0.637. The first-order valence-electron chi connectivity index (χ1n) is 14.5. The van der Waals surface area contributed by atoms with Gasteiger partial charge in [0.15, 0.2) is 0 Å². The summed E-state index contributed by atoms with van der Waals surface area (Å²) in [5.74, 6) is 0. The van der Waals surface area contributed by atoms with Crippen molar-refractivity contribution in [2.75, 3.05) is 4.90 Å². The summed E-state index contributed by atoms with van der Waals surface area (Å²) in [7, 11) is 0. The molecule has 6 aromatic carbocycles. The van der Waals surface area contributed by atoms with Crippen LogP contribution in [0.3, 0.4) is 0 Å². The van der Waals surface area contributed by atoms with Gasteiger partial charge in [-0.05, 0) is 70.6 Å². The largest absolute Gasteiger partial charge is 0.367 e. The summed E-state index contributed by atoms with van der Waals surface area (Å²) < 4.78 is 3.95. The molecule has 0 saturated heterocycles. The molecule has 0 fully saturated rings. The fourth-order valence-electron chi connectivity index (χ4n) is 6.53. The van der Waals surface area contributed by atoms with E-state index in [1.165, 1.54) is 68.3 Å². The second-order valence-corrected chi connectivity index (χ2v) is 13.2. The first-order chi connectivity index (χ1) is 21.3. The van der Waals surface area contributed by atoms with E-state index in [0.717, 1.165) is 5.69 Å². The van der Waals surface area contributed by atoms with E-state index in [9.17, 15) is 0 Å². The zero-order chi connectivity index (χ0) is 28.3. The number of thiophene rings is 2. The van der Waals surface area contributed by atoms with E-state index in [4.69, 9.17) is 0 Å². The second kappa shape index (κ2) is 9.84. The molecule has 0 radical (unpaired) electrons. The molecule has 0 saturated carbocycles. The molecule has 0 amide bonds. The molecule has 9 rings (SSSR count). The van der Waals surface area contributed by atoms with Crippen LogP contribution in [-0.4, -0.2) is 0 Å². The molecule has 43 heavy (non-hydrogen) atoms. The molecule has 0 aliphatic carbocycles. The molecule has 4 heteroatoms. The molecular formula is C39H26N2S2. The van der Waals surface area contributed by atoms with Crippen molar-refractivity contribution in [2.24, 2.45) is 0 Å². The minimum Gasteiger partial charge on any atom is -0.367 e. The number of anilines is 2. The average Bonchev–Trinajstić information content (AvgIpc) is 3.64. The Morgan fingerprint density at radius 1 is 0.535 bits per heavy atom. The minimum atomic E-state index is -0.0504. The van der Waals surface area contributed by atoms with Crippen LogP contribution in [-0.2, 0) is 0 Å². The van der Waals surface area contributed by atoms with Gasteiger partial charge in [-0.3, -0.25) is 0 Å². The Hall–Kier alpha value is -4.90. The minimum absolute atomic E-state index is 0.0504. The van der Waals surface area contributed by atoms with Gasteiger partial charge in [-0.2, -0.15) is 0 Å². The lowest BCUT2D eigenvalue weighted by atomic mass is 10.00. The van der Waals surface area contributed by atoms with Crippen LogP contribution in [0.2, 0.25) is 0 Å². The van der Waals surface area contributed by atoms with Crippen LogP contribution in [0.4, 0.5) is 11.4 Å². The van der Waals surface area contributed by atoms with Gasteiger partial charge in [-0.1, -0.05) is 97.1 Å². The van der Waals surface area contributed by atoms with Gasteiger partial charge < -0.3 is 10.2 Å². The van der Waals surface area contributed by atoms with Crippen molar-refractivity contribution >= 4 is 81.2 Å². The number of rotatable bonds is 4. The SMILES string of the molecule is C1=Cc2c(sc3ccc4ccccc4c23)C(N(c2ccc(-c3ccccc3)cc2)c2ccc3c(c2)sc2ccccc23)N1. The van der Waals surface area contributed by atoms with E-state index in [0.29, 0.717) is 0 Å². The van der Waals surface area contributed by atoms with E-state index >= 15 is 0 Å². The fourth-order valence-corrected chi connectivity index (χ4v) is 8.93. The van der Waals surface area contributed by atoms with Gasteiger partial charge >= 0.3 is 0 Å². The van der Waals surface area contributed by atoms with Crippen molar-refractivity contribution in [1.82, 2.24) is 5.32 Å². The third-order valence-electron chi connectivity index (χ3n) is 8.55. The fraction of sp³-hybridized carbons (Fsp3) is 0.0256. The predicted molar refractivity (Wildman–Crippen MR) is 188 cm³/mol. The van der Waals surface area contributed by atoms with Crippen LogP contribution in [0.25, 0.3) is 58.2 Å². The molecule has 3 heterocycles. The summed E-state index contributed by atoms with van der Waals surface area (Å²) >= 11 is 3.76. The number of nitrogens with zero attached hydrogens (tertiary/aromatic N) is 1. The smallest absolute Gasteiger partial charge is 0.140 e. The van der Waals surface area contributed by atoms with Crippen LogP contribution in [0.15, 0.2) is 140 Å². The number of hydrogen-bond donors (Lipinski definition) is 1. The molecule has 1 aliphatic heterocycles. The Bertz CT molecular complexity index is 2330. The van der Waals surface area contributed by atoms with E-state index in [2.05, 4.69) is 156 Å². The van der Waals surface area contributed by atoms with Gasteiger partial charge in [0.1, 0.15) is 6.17 Å². The Balaban J connectivity index is 1.24. The van der Waals surface area contributed by atoms with Crippen molar-refractivity contribution in [3.05, 3.63) is 150 Å². The van der Waals surface area contributed by atoms with Gasteiger partial charge in [-0.15, -0.1) is 22.7 Å². The van der Waals surface area contributed by atoms with Crippen molar-refractivity contribution in [3.63, 3.8) is 0 Å². The Morgan fingerprint density at radius 2 is 1.26 bits per heavy atom. The summed E-state index contributed by atoms with van der Waals surface area (Å²) in [6.07, 6.45) is 4.33. The van der Waals surface area contributed by atoms with Gasteiger partial charge in [0, 0.05) is 47.2 Å². The average molecular weight is 587 g/mol. The maximum Gasteiger partial charge on any atom is 0.140 e. The van der Waals surface area contributed by atoms with Crippen LogP contribution in [0.1, 0.15) is 16.6 Å². The van der Waals surface area contributed by atoms with E-state index in [-0.39, 0.29) is 6.17 Å². The second-order valence-electron chi connectivity index (χ2n) is 11.0. The quantitative estimate of drug-likeness (QED) is 0.221. The molecule has 1 unspecified atom stereocenters. The van der Waals surface area contributed by atoms with E-state index in [1.807, 2.05) is 22.7 Å². The molecular weight excluding hydrogens is 561 g/mol. The zero-order valence-corrected chi connectivity index (χ0v) is 24.8. The lowest BCUT2D eigenvalue weighted by Gasteiger charge is -2.35. The van der Waals surface area contributed by atoms with Crippen molar-refractivity contribution in [2.45, 2.75) is 6.17 Å². The third kappa shape index (κ3) is 3.98. The molecule has 1 aliphatic rings. The Morgan fingerprint density at radius 3 is 2.14 bits per heavy atom. The summed E-state index contributed by atoms with van der Waals surface area (Å²) in [4.78, 5) is 3.80. The van der Waals surface area contributed by atoms with E-state index < -0.39 is 0 Å². The summed E-state index contributed by atoms with van der Waals surface area (Å²) in [6.45, 7) is 0. The molecule has 0 bridgehead atoms. The molecule has 1 N–H and O–H groups in total. The molecule has 8 aromatic rings. The van der Waals surface area contributed by atoms with Gasteiger partial charge in [0.25, 0.3) is 0 Å². The standard InChI is InChI=1S/C39H26N2S2/c1-2-8-25(9-3-1)26-14-17-28(18-15-26)41(29-19-20-32-31-12-6-7-13-34(31)42-36(32)24-29)39-38-33(22-23-40-39)37-30-11-5-4-10-27(30)16-21-35(37)43-38/h1-24,39-40H. The number of benzene rings is 6. The van der Waals surface area contributed by atoms with Crippen LogP contribution < -0.4 is 10.2 Å². The molecule has 1 atom stereocenters. The number of nitrogens with one attached hydrogen (secondary N) is 1. The van der Waals surface area contributed by atoms with Gasteiger partial charge in [-0.25, -0.2) is 0 Å². The van der Waals surface area contributed by atoms with Crippen molar-refractivity contribution in [3.8, 4) is 11.1 Å². The third-order valence-corrected chi connectivity index (χ3v) is 10.9. The van der Waals surface area contributed by atoms with Crippen LogP contribution in [0, 0.1) is 0 Å². The normalized spacial score (nSPS) is 14.4. The first-order valence-corrected chi connectivity index (χ1v) is 16.2. The lowest BCUT2D eigenvalue weighted by Crippen LogP contribution is -2.34. The summed E-state index contributed by atoms with van der Waals surface area (Å²) in [5.41, 5.74) is 6.09. The first kappa shape index (κ1) is 24.7. The molecule has 2 aromatic heterocycles. The van der Waals surface area contributed by atoms with Crippen molar-refractivity contribution < 1.29 is 0 Å². The monoisotopic (exact) mass is 586 g/mol. The molecule has 0 spiro atoms. The highest BCUT2D eigenvalue weighted by atomic mass is 32.1. The number of hydrogen-bond acceptors (Lipinski definition) is 4. The Labute approximate surface area is 257 Å². The highest BCUT2D eigenvalue weighted by Gasteiger charge is 2.29. The topological polar surface area (TPSA) is 15.3 Å². The van der Waals surface area contributed by atoms with E-state index in [1.54, 1.807) is 0 Å². The van der Waals surface area contributed by atoms with Crippen LogP contribution >= 0.6 is 22.7 Å². The summed E-state index contributed by atoms with van der Waals surface area (Å²) in [6, 6.07) is 48.6. The molecule has 2 nitrogen and oxygen atoms in total. The maximum absolute atomic E-state index is 3.76. The number of fused-ring (bicyclic) bond motifs is 8. The zero-order valence-electron chi connectivity index (χ0n) is 23.2. The van der Waals surface area contributed by atoms with Crippen molar-refractivity contribution in [1.29, 1.82) is 0 Å². The highest BCUT2D eigenvalue weighted by Crippen LogP contribution is 2.46. The molecule has 204 valence electrons. The van der Waals surface area contributed by atoms with Gasteiger partial charge in [0.05, 0.1) is 4.88 Å². The van der Waals surface area contributed by atoms with Gasteiger partial charge in [0.2, 0.25) is 0 Å². The van der Waals surface area contributed by atoms with Crippen LogP contribution in [0.5, 0.6) is 0 Å². The highest BCUT2D eigenvalue weighted by molar-refractivity contribution is 7.25. The predicted octanol–water partition coefficient (Wildman–Crippen LogP) is 11.5. The Kier molecular flexibility index (Phi) is 5.65. The maximum atomic E-state index is 3.76. The summed E-state index contributed by atoms with van der Waals surface area (Å²) in [5, 5.41) is 10.3.